The van der Waals surface area contributed by atoms with Crippen LogP contribution in [0.5, 0.6) is 5.95 Å². The van der Waals surface area contributed by atoms with Crippen molar-refractivity contribution in [2.45, 2.75) is 31.7 Å². The molecule has 3 rings (SSSR count). The molecule has 8 nitrogen and oxygen atoms in total. The number of anilines is 1. The van der Waals surface area contributed by atoms with Gasteiger partial charge >= 0.3 is 11.6 Å². The lowest BCUT2D eigenvalue weighted by Crippen LogP contribution is -2.47. The molecule has 1 heterocycles. The Hall–Kier alpha value is -2.88. The predicted octanol–water partition coefficient (Wildman–Crippen LogP) is 3.71. The van der Waals surface area contributed by atoms with Gasteiger partial charge in [0.15, 0.2) is 0 Å². The Bertz CT molecular complexity index is 1320. The van der Waals surface area contributed by atoms with Crippen molar-refractivity contribution in [1.82, 2.24) is 4.72 Å². The molecule has 0 bridgehead atoms. The average molecular weight is 479 g/mol. The van der Waals surface area contributed by atoms with E-state index < -0.39 is 27.6 Å². The largest absolute Gasteiger partial charge is 0.467 e. The van der Waals surface area contributed by atoms with Crippen LogP contribution in [0.2, 0.25) is 5.02 Å². The van der Waals surface area contributed by atoms with Gasteiger partial charge in [-0.15, -0.1) is 0 Å². The van der Waals surface area contributed by atoms with Crippen molar-refractivity contribution in [2.75, 3.05) is 12.4 Å². The Morgan fingerprint density at radius 1 is 1.09 bits per heavy atom. The van der Waals surface area contributed by atoms with Crippen LogP contribution in [0.1, 0.15) is 19.4 Å². The SMILES string of the molecule is COc1oc(=O)c2cc(NC(=O)C(NS(=O)(=O)c3ccc(C)cc3)C(C)C)ccc2c1Cl. The van der Waals surface area contributed by atoms with Crippen LogP contribution in [0.15, 0.2) is 56.6 Å². The second-order valence-electron chi connectivity index (χ2n) is 7.60. The standard InChI is InChI=1S/C22H23ClN2O6S/c1-12(2)19(25-32(28,29)15-8-5-13(3)6-9-15)20(26)24-14-7-10-16-17(11-14)21(27)31-22(30-4)18(16)23/h5-12,19,25H,1-4H3,(H,24,26). The third-order valence-corrected chi connectivity index (χ3v) is 6.67. The fraction of sp³-hybridized carbons (Fsp3) is 0.273. The fourth-order valence-corrected chi connectivity index (χ4v) is 4.70. The number of nitrogens with one attached hydrogen (secondary N) is 2. The van der Waals surface area contributed by atoms with Gasteiger partial charge in [0, 0.05) is 11.1 Å². The second kappa shape index (κ2) is 9.32. The Balaban J connectivity index is 1.87. The lowest BCUT2D eigenvalue weighted by atomic mass is 10.0. The summed E-state index contributed by atoms with van der Waals surface area (Å²) in [7, 11) is -2.59. The zero-order valence-corrected chi connectivity index (χ0v) is 19.5. The molecule has 0 fully saturated rings. The molecule has 1 unspecified atom stereocenters. The van der Waals surface area contributed by atoms with Crippen LogP contribution < -0.4 is 20.4 Å². The molecular weight excluding hydrogens is 456 g/mol. The van der Waals surface area contributed by atoms with Gasteiger partial charge in [-0.1, -0.05) is 49.2 Å². The summed E-state index contributed by atoms with van der Waals surface area (Å²) in [6, 6.07) is 9.79. The molecule has 0 aliphatic heterocycles. The summed E-state index contributed by atoms with van der Waals surface area (Å²) in [6.45, 7) is 5.30. The third-order valence-electron chi connectivity index (χ3n) is 4.86. The molecule has 0 aliphatic rings. The van der Waals surface area contributed by atoms with E-state index in [0.29, 0.717) is 5.39 Å². The maximum Gasteiger partial charge on any atom is 0.346 e. The van der Waals surface area contributed by atoms with E-state index in [1.165, 1.54) is 25.3 Å². The molecule has 0 saturated carbocycles. The van der Waals surface area contributed by atoms with E-state index in [1.54, 1.807) is 38.1 Å². The Kier molecular flexibility index (Phi) is 6.92. The minimum Gasteiger partial charge on any atom is -0.467 e. The molecule has 0 aliphatic carbocycles. The van der Waals surface area contributed by atoms with Gasteiger partial charge in [0.1, 0.15) is 11.1 Å². The van der Waals surface area contributed by atoms with Crippen molar-refractivity contribution in [1.29, 1.82) is 0 Å². The molecule has 2 aromatic carbocycles. The number of carbonyl (C=O) groups excluding carboxylic acids is 1. The summed E-state index contributed by atoms with van der Waals surface area (Å²) >= 11 is 6.18. The number of carbonyl (C=O) groups is 1. The Morgan fingerprint density at radius 3 is 2.34 bits per heavy atom. The number of rotatable bonds is 7. The number of amides is 1. The maximum absolute atomic E-state index is 12.9. The van der Waals surface area contributed by atoms with E-state index in [1.807, 2.05) is 6.92 Å². The first-order valence-electron chi connectivity index (χ1n) is 9.73. The lowest BCUT2D eigenvalue weighted by molar-refractivity contribution is -0.118. The molecule has 170 valence electrons. The summed E-state index contributed by atoms with van der Waals surface area (Å²) in [5, 5.41) is 3.33. The molecule has 1 aromatic heterocycles. The molecule has 2 N–H and O–H groups in total. The number of benzene rings is 2. The van der Waals surface area contributed by atoms with Crippen molar-refractivity contribution < 1.29 is 22.4 Å². The first-order valence-corrected chi connectivity index (χ1v) is 11.6. The van der Waals surface area contributed by atoms with Crippen molar-refractivity contribution in [3.8, 4) is 5.95 Å². The second-order valence-corrected chi connectivity index (χ2v) is 9.69. The van der Waals surface area contributed by atoms with E-state index in [9.17, 15) is 18.0 Å². The molecule has 10 heteroatoms. The minimum absolute atomic E-state index is 0.0634. The minimum atomic E-state index is -3.92. The first kappa shape index (κ1) is 23.8. The highest BCUT2D eigenvalue weighted by atomic mass is 35.5. The summed E-state index contributed by atoms with van der Waals surface area (Å²) in [5.74, 6) is -1.02. The van der Waals surface area contributed by atoms with Gasteiger partial charge in [0.05, 0.1) is 17.4 Å². The average Bonchev–Trinajstić information content (AvgIpc) is 2.74. The molecular formula is C22H23ClN2O6S. The zero-order chi connectivity index (χ0) is 23.6. The first-order chi connectivity index (χ1) is 15.0. The quantitative estimate of drug-likeness (QED) is 0.535. The fourth-order valence-electron chi connectivity index (χ4n) is 3.07. The molecule has 3 aromatic rings. The number of sulfonamides is 1. The topological polar surface area (TPSA) is 115 Å². The summed E-state index contributed by atoms with van der Waals surface area (Å²) in [5.41, 5.74) is 0.523. The van der Waals surface area contributed by atoms with Crippen molar-refractivity contribution in [3.05, 3.63) is 63.5 Å². The van der Waals surface area contributed by atoms with Gasteiger partial charge in [-0.05, 0) is 37.1 Å². The van der Waals surface area contributed by atoms with E-state index in [2.05, 4.69) is 10.0 Å². The Morgan fingerprint density at radius 2 is 1.75 bits per heavy atom. The van der Waals surface area contributed by atoms with Crippen LogP contribution in [0.25, 0.3) is 10.8 Å². The molecule has 0 radical (unpaired) electrons. The van der Waals surface area contributed by atoms with Crippen LogP contribution in [0.4, 0.5) is 5.69 Å². The third kappa shape index (κ3) is 4.95. The summed E-state index contributed by atoms with van der Waals surface area (Å²) in [6.07, 6.45) is 0. The summed E-state index contributed by atoms with van der Waals surface area (Å²) < 4.78 is 38.0. The predicted molar refractivity (Wildman–Crippen MR) is 123 cm³/mol. The molecule has 0 spiro atoms. The van der Waals surface area contributed by atoms with E-state index in [0.717, 1.165) is 5.56 Å². The number of fused-ring (bicyclic) bond motifs is 1. The highest BCUT2D eigenvalue weighted by Gasteiger charge is 2.28. The van der Waals surface area contributed by atoms with E-state index in [4.69, 9.17) is 20.8 Å². The number of halogens is 1. The van der Waals surface area contributed by atoms with Crippen molar-refractivity contribution in [3.63, 3.8) is 0 Å². The van der Waals surface area contributed by atoms with Crippen LogP contribution >= 0.6 is 11.6 Å². The molecule has 1 amide bonds. The van der Waals surface area contributed by atoms with Crippen LogP contribution in [0.3, 0.4) is 0 Å². The van der Waals surface area contributed by atoms with Crippen LogP contribution in [0, 0.1) is 12.8 Å². The van der Waals surface area contributed by atoms with Crippen LogP contribution in [-0.4, -0.2) is 27.5 Å². The maximum atomic E-state index is 12.9. The van der Waals surface area contributed by atoms with Crippen molar-refractivity contribution >= 4 is 44.0 Å². The van der Waals surface area contributed by atoms with E-state index in [-0.39, 0.29) is 32.9 Å². The number of hydrogen-bond acceptors (Lipinski definition) is 6. The highest BCUT2D eigenvalue weighted by Crippen LogP contribution is 2.31. The van der Waals surface area contributed by atoms with Gasteiger partial charge in [-0.2, -0.15) is 4.72 Å². The molecule has 1 atom stereocenters. The molecule has 0 saturated heterocycles. The summed E-state index contributed by atoms with van der Waals surface area (Å²) in [4.78, 5) is 25.2. The highest BCUT2D eigenvalue weighted by molar-refractivity contribution is 7.89. The number of aryl methyl sites for hydroxylation is 1. The number of methoxy groups -OCH3 is 1. The zero-order valence-electron chi connectivity index (χ0n) is 17.9. The van der Waals surface area contributed by atoms with Gasteiger partial charge in [0.2, 0.25) is 15.9 Å². The monoisotopic (exact) mass is 478 g/mol. The normalized spacial score (nSPS) is 12.7. The number of ether oxygens (including phenoxy) is 1. The van der Waals surface area contributed by atoms with Crippen molar-refractivity contribution in [2.24, 2.45) is 5.92 Å². The van der Waals surface area contributed by atoms with Gasteiger partial charge in [0.25, 0.3) is 0 Å². The number of hydrogen-bond donors (Lipinski definition) is 2. The van der Waals surface area contributed by atoms with Gasteiger partial charge < -0.3 is 14.5 Å². The van der Waals surface area contributed by atoms with Crippen LogP contribution in [-0.2, 0) is 14.8 Å². The lowest BCUT2D eigenvalue weighted by Gasteiger charge is -2.22. The molecule has 32 heavy (non-hydrogen) atoms. The Labute approximate surface area is 190 Å². The smallest absolute Gasteiger partial charge is 0.346 e. The van der Waals surface area contributed by atoms with Gasteiger partial charge in [-0.3, -0.25) is 4.79 Å². The van der Waals surface area contributed by atoms with E-state index >= 15 is 0 Å². The van der Waals surface area contributed by atoms with Gasteiger partial charge in [-0.25, -0.2) is 13.2 Å².